The van der Waals surface area contributed by atoms with Gasteiger partial charge in [0.15, 0.2) is 0 Å². The second-order valence-corrected chi connectivity index (χ2v) is 6.43. The first-order chi connectivity index (χ1) is 8.29. The second kappa shape index (κ2) is 4.43. The van der Waals surface area contributed by atoms with Gasteiger partial charge in [-0.25, -0.2) is 4.68 Å². The van der Waals surface area contributed by atoms with Gasteiger partial charge >= 0.3 is 0 Å². The highest BCUT2D eigenvalue weighted by Gasteiger charge is 2.20. The molecule has 0 fully saturated rings. The summed E-state index contributed by atoms with van der Waals surface area (Å²) in [4.78, 5) is 0. The molecule has 0 aliphatic carbocycles. The zero-order chi connectivity index (χ0) is 13.5. The zero-order valence-corrected chi connectivity index (χ0v) is 12.7. The summed E-state index contributed by atoms with van der Waals surface area (Å²) < 4.78 is 2.78. The predicted octanol–water partition coefficient (Wildman–Crippen LogP) is 3.82. The van der Waals surface area contributed by atoms with Crippen LogP contribution in [0.5, 0.6) is 0 Å². The van der Waals surface area contributed by atoms with E-state index in [0.717, 1.165) is 15.9 Å². The smallest absolute Gasteiger partial charge is 0.127 e. The first-order valence-corrected chi connectivity index (χ1v) is 6.71. The van der Waals surface area contributed by atoms with Crippen LogP contribution in [0.3, 0.4) is 0 Å². The number of nitrogen functional groups attached to an aromatic ring is 1. The molecule has 2 N–H and O–H groups in total. The number of nitrogens with two attached hydrogens (primary N) is 1. The molecule has 0 radical (unpaired) electrons. The summed E-state index contributed by atoms with van der Waals surface area (Å²) in [6, 6.07) is 8.08. The third-order valence-electron chi connectivity index (χ3n) is 2.84. The van der Waals surface area contributed by atoms with Crippen molar-refractivity contribution in [1.82, 2.24) is 9.78 Å². The maximum absolute atomic E-state index is 6.06. The van der Waals surface area contributed by atoms with E-state index in [1.165, 1.54) is 5.56 Å². The van der Waals surface area contributed by atoms with Crippen LogP contribution in [0.2, 0.25) is 0 Å². The summed E-state index contributed by atoms with van der Waals surface area (Å²) >= 11 is 3.56. The summed E-state index contributed by atoms with van der Waals surface area (Å²) in [5.74, 6) is 0.657. The molecule has 1 aromatic heterocycles. The number of aryl methyl sites for hydroxylation is 1. The lowest BCUT2D eigenvalue weighted by atomic mass is 9.92. The second-order valence-electron chi connectivity index (χ2n) is 5.57. The van der Waals surface area contributed by atoms with E-state index < -0.39 is 0 Å². The number of aromatic nitrogens is 2. The van der Waals surface area contributed by atoms with E-state index in [0.29, 0.717) is 5.82 Å². The van der Waals surface area contributed by atoms with Crippen LogP contribution in [0.1, 0.15) is 32.0 Å². The van der Waals surface area contributed by atoms with Crippen LogP contribution in [0, 0.1) is 6.92 Å². The molecule has 0 spiro atoms. The Morgan fingerprint density at radius 3 is 2.39 bits per heavy atom. The van der Waals surface area contributed by atoms with Crippen molar-refractivity contribution >= 4 is 21.7 Å². The van der Waals surface area contributed by atoms with Gasteiger partial charge in [-0.1, -0.05) is 26.8 Å². The van der Waals surface area contributed by atoms with E-state index in [2.05, 4.69) is 60.9 Å². The number of halogens is 1. The van der Waals surface area contributed by atoms with Crippen LogP contribution in [0.25, 0.3) is 5.69 Å². The average molecular weight is 308 g/mol. The standard InChI is InChI=1S/C14H18BrN3/c1-9-5-6-11(10(15)7-9)18-13(16)8-12(17-18)14(2,3)4/h5-8H,16H2,1-4H3. The van der Waals surface area contributed by atoms with Gasteiger partial charge in [0.2, 0.25) is 0 Å². The van der Waals surface area contributed by atoms with Crippen LogP contribution in [0.4, 0.5) is 5.82 Å². The van der Waals surface area contributed by atoms with Gasteiger partial charge in [-0.15, -0.1) is 0 Å². The fraction of sp³-hybridized carbons (Fsp3) is 0.357. The van der Waals surface area contributed by atoms with E-state index in [1.807, 2.05) is 12.1 Å². The first kappa shape index (κ1) is 13.1. The third-order valence-corrected chi connectivity index (χ3v) is 3.47. The molecule has 0 saturated heterocycles. The Morgan fingerprint density at radius 2 is 1.89 bits per heavy atom. The van der Waals surface area contributed by atoms with Crippen molar-refractivity contribution < 1.29 is 0 Å². The SMILES string of the molecule is Cc1ccc(-n2nc(C(C)(C)C)cc2N)c(Br)c1. The third kappa shape index (κ3) is 2.43. The van der Waals surface area contributed by atoms with Crippen molar-refractivity contribution in [3.05, 3.63) is 40.0 Å². The lowest BCUT2D eigenvalue weighted by Gasteiger charge is -2.14. The summed E-state index contributed by atoms with van der Waals surface area (Å²) in [5.41, 5.74) is 9.21. The van der Waals surface area contributed by atoms with Crippen molar-refractivity contribution in [2.24, 2.45) is 0 Å². The van der Waals surface area contributed by atoms with Crippen molar-refractivity contribution in [3.8, 4) is 5.69 Å². The topological polar surface area (TPSA) is 43.8 Å². The summed E-state index contributed by atoms with van der Waals surface area (Å²) in [5, 5.41) is 4.60. The van der Waals surface area contributed by atoms with Crippen molar-refractivity contribution in [2.75, 3.05) is 5.73 Å². The fourth-order valence-electron chi connectivity index (χ4n) is 1.74. The van der Waals surface area contributed by atoms with Gasteiger partial charge in [-0.05, 0) is 40.5 Å². The monoisotopic (exact) mass is 307 g/mol. The Hall–Kier alpha value is -1.29. The van der Waals surface area contributed by atoms with E-state index in [-0.39, 0.29) is 5.41 Å². The largest absolute Gasteiger partial charge is 0.384 e. The highest BCUT2D eigenvalue weighted by molar-refractivity contribution is 9.10. The molecule has 96 valence electrons. The zero-order valence-electron chi connectivity index (χ0n) is 11.2. The molecule has 3 nitrogen and oxygen atoms in total. The highest BCUT2D eigenvalue weighted by atomic mass is 79.9. The molecule has 0 saturated carbocycles. The molecule has 4 heteroatoms. The molecule has 2 rings (SSSR count). The van der Waals surface area contributed by atoms with Gasteiger partial charge in [0.1, 0.15) is 5.82 Å². The number of benzene rings is 1. The molecule has 0 atom stereocenters. The molecule has 1 heterocycles. The Balaban J connectivity index is 2.55. The molecule has 0 aliphatic heterocycles. The van der Waals surface area contributed by atoms with Crippen molar-refractivity contribution in [3.63, 3.8) is 0 Å². The Kier molecular flexibility index (Phi) is 3.23. The molecular formula is C14H18BrN3. The number of rotatable bonds is 1. The maximum Gasteiger partial charge on any atom is 0.127 e. The van der Waals surface area contributed by atoms with Gasteiger partial charge < -0.3 is 5.73 Å². The van der Waals surface area contributed by atoms with Gasteiger partial charge in [0.05, 0.1) is 11.4 Å². The first-order valence-electron chi connectivity index (χ1n) is 5.91. The van der Waals surface area contributed by atoms with E-state index in [1.54, 1.807) is 4.68 Å². The number of anilines is 1. The lowest BCUT2D eigenvalue weighted by Crippen LogP contribution is -2.12. The molecule has 18 heavy (non-hydrogen) atoms. The summed E-state index contributed by atoms with van der Waals surface area (Å²) in [7, 11) is 0. The lowest BCUT2D eigenvalue weighted by molar-refractivity contribution is 0.560. The van der Waals surface area contributed by atoms with Gasteiger partial charge in [0.25, 0.3) is 0 Å². The molecule has 0 bridgehead atoms. The Morgan fingerprint density at radius 1 is 1.22 bits per heavy atom. The molecule has 0 aliphatic rings. The van der Waals surface area contributed by atoms with E-state index >= 15 is 0 Å². The molecule has 1 aromatic carbocycles. The molecule has 0 unspecified atom stereocenters. The minimum atomic E-state index is -0.00343. The van der Waals surface area contributed by atoms with Gasteiger partial charge in [0, 0.05) is 16.0 Å². The Labute approximate surface area is 116 Å². The minimum absolute atomic E-state index is 0.00343. The minimum Gasteiger partial charge on any atom is -0.384 e. The van der Waals surface area contributed by atoms with E-state index in [4.69, 9.17) is 5.73 Å². The van der Waals surface area contributed by atoms with Crippen LogP contribution in [-0.4, -0.2) is 9.78 Å². The number of hydrogen-bond acceptors (Lipinski definition) is 2. The number of hydrogen-bond donors (Lipinski definition) is 1. The van der Waals surface area contributed by atoms with Crippen molar-refractivity contribution in [2.45, 2.75) is 33.1 Å². The van der Waals surface area contributed by atoms with Crippen LogP contribution < -0.4 is 5.73 Å². The molecular weight excluding hydrogens is 290 g/mol. The van der Waals surface area contributed by atoms with Crippen LogP contribution in [0.15, 0.2) is 28.7 Å². The number of nitrogens with zero attached hydrogens (tertiary/aromatic N) is 2. The molecule has 0 amide bonds. The average Bonchev–Trinajstić information content (AvgIpc) is 2.60. The molecule has 2 aromatic rings. The summed E-state index contributed by atoms with van der Waals surface area (Å²) in [6.07, 6.45) is 0. The van der Waals surface area contributed by atoms with E-state index in [9.17, 15) is 0 Å². The van der Waals surface area contributed by atoms with Gasteiger partial charge in [-0.2, -0.15) is 5.10 Å². The van der Waals surface area contributed by atoms with Gasteiger partial charge in [-0.3, -0.25) is 0 Å². The van der Waals surface area contributed by atoms with Crippen molar-refractivity contribution in [1.29, 1.82) is 0 Å². The quantitative estimate of drug-likeness (QED) is 0.870. The summed E-state index contributed by atoms with van der Waals surface area (Å²) in [6.45, 7) is 8.44. The highest BCUT2D eigenvalue weighted by Crippen LogP contribution is 2.28. The maximum atomic E-state index is 6.06. The Bertz CT molecular complexity index is 579. The predicted molar refractivity (Wildman–Crippen MR) is 79.1 cm³/mol. The van der Waals surface area contributed by atoms with Crippen LogP contribution >= 0.6 is 15.9 Å². The van der Waals surface area contributed by atoms with Crippen LogP contribution in [-0.2, 0) is 5.41 Å². The normalized spacial score (nSPS) is 11.8. The fourth-order valence-corrected chi connectivity index (χ4v) is 2.40.